The van der Waals surface area contributed by atoms with E-state index < -0.39 is 5.97 Å². The number of benzene rings is 1. The topological polar surface area (TPSA) is 59.3 Å². The third-order valence-corrected chi connectivity index (χ3v) is 2.46. The van der Waals surface area contributed by atoms with Gasteiger partial charge in [-0.3, -0.25) is 0 Å². The summed E-state index contributed by atoms with van der Waals surface area (Å²) >= 11 is 0. The lowest BCUT2D eigenvalue weighted by molar-refractivity contribution is -0.452. The van der Waals surface area contributed by atoms with Crippen molar-refractivity contribution in [3.63, 3.8) is 0 Å². The van der Waals surface area contributed by atoms with Crippen LogP contribution >= 0.6 is 0 Å². The van der Waals surface area contributed by atoms with Gasteiger partial charge in [0.25, 0.3) is 12.2 Å². The summed E-state index contributed by atoms with van der Waals surface area (Å²) in [5.74, 6) is -0.541. The summed E-state index contributed by atoms with van der Waals surface area (Å²) in [6.45, 7) is 1.64. The molecule has 2 aromatic rings. The minimum atomic E-state index is -0.541. The van der Waals surface area contributed by atoms with Gasteiger partial charge >= 0.3 is 5.97 Å². The second kappa shape index (κ2) is 5.35. The highest BCUT2D eigenvalue weighted by Gasteiger charge is 2.22. The highest BCUT2D eigenvalue weighted by atomic mass is 16.5. The van der Waals surface area contributed by atoms with Crippen LogP contribution in [0.4, 0.5) is 5.69 Å². The summed E-state index contributed by atoms with van der Waals surface area (Å²) in [7, 11) is 0. The zero-order chi connectivity index (χ0) is 13.0. The van der Waals surface area contributed by atoms with Gasteiger partial charge in [0.1, 0.15) is 5.52 Å². The van der Waals surface area contributed by atoms with Crippen molar-refractivity contribution in [2.45, 2.75) is 6.92 Å². The zero-order valence-electron chi connectivity index (χ0n) is 10.00. The van der Waals surface area contributed by atoms with Crippen LogP contribution < -0.4 is 0 Å². The predicted molar refractivity (Wildman–Crippen MR) is 66.5 cm³/mol. The number of carbonyl (C=O) groups excluding carboxylic acids is 1. The number of hydrogen-bond donors (Lipinski definition) is 0. The molecule has 0 amide bonds. The van der Waals surface area contributed by atoms with Crippen LogP contribution in [0.2, 0.25) is 0 Å². The molecule has 0 aliphatic heterocycles. The normalized spacial score (nSPS) is 10.3. The van der Waals surface area contributed by atoms with Gasteiger partial charge in [-0.05, 0) is 13.0 Å². The first kappa shape index (κ1) is 12.2. The Kier molecular flexibility index (Phi) is 3.62. The number of fused-ring (bicyclic) bond motifs is 1. The molecule has 1 heterocycles. The molecule has 0 saturated carbocycles. The van der Waals surface area contributed by atoms with E-state index >= 15 is 0 Å². The summed E-state index contributed by atoms with van der Waals surface area (Å²) in [4.78, 5) is 27.4. The minimum Gasteiger partial charge on any atom is -0.461 e. The maximum absolute atomic E-state index is 11.9. The molecule has 0 radical (unpaired) electrons. The number of hydrogen-bond acceptors (Lipinski definition) is 4. The number of nitrogens with zero attached hydrogens (tertiary/aromatic N) is 2. The second-order valence-corrected chi connectivity index (χ2v) is 3.69. The summed E-state index contributed by atoms with van der Waals surface area (Å²) in [5.41, 5.74) is 0.959. The van der Waals surface area contributed by atoms with Gasteiger partial charge in [-0.15, -0.1) is 0 Å². The van der Waals surface area contributed by atoms with Crippen molar-refractivity contribution in [1.29, 1.82) is 0 Å². The number of para-hydroxylation sites is 1. The third kappa shape index (κ3) is 2.51. The number of ether oxygens (including phenoxy) is 1. The standard InChI is InChI=1S/C13H13N2O3/c1-2-18-12(16)9-15(17)11-7-3-5-10-6-4-8-14-13(10)11/h3-8H,2,9H2,1H3/q+1. The molecule has 5 heteroatoms. The first-order valence-electron chi connectivity index (χ1n) is 5.66. The van der Waals surface area contributed by atoms with Crippen LogP contribution in [0.1, 0.15) is 6.92 Å². The molecule has 0 unspecified atom stereocenters. The van der Waals surface area contributed by atoms with Gasteiger partial charge in [0, 0.05) is 22.6 Å². The molecule has 18 heavy (non-hydrogen) atoms. The molecule has 0 aliphatic carbocycles. The Morgan fingerprint density at radius 2 is 2.11 bits per heavy atom. The smallest absolute Gasteiger partial charge is 0.377 e. The molecule has 0 fully saturated rings. The number of pyridine rings is 1. The van der Waals surface area contributed by atoms with E-state index in [0.29, 0.717) is 16.0 Å². The maximum Gasteiger partial charge on any atom is 0.377 e. The van der Waals surface area contributed by atoms with Crippen molar-refractivity contribution in [2.75, 3.05) is 13.2 Å². The number of nitroso groups, excluding NO2 is 1. The van der Waals surface area contributed by atoms with Gasteiger partial charge in [0.2, 0.25) is 0 Å². The second-order valence-electron chi connectivity index (χ2n) is 3.69. The van der Waals surface area contributed by atoms with Crippen molar-refractivity contribution in [3.8, 4) is 0 Å². The summed E-state index contributed by atoms with van der Waals surface area (Å²) < 4.78 is 5.35. The van der Waals surface area contributed by atoms with E-state index in [1.807, 2.05) is 12.1 Å². The van der Waals surface area contributed by atoms with Crippen molar-refractivity contribution < 1.29 is 14.3 Å². The van der Waals surface area contributed by atoms with Gasteiger partial charge in [0.05, 0.1) is 11.4 Å². The van der Waals surface area contributed by atoms with Crippen LogP contribution in [0.25, 0.3) is 10.9 Å². The van der Waals surface area contributed by atoms with Gasteiger partial charge in [0.15, 0.2) is 0 Å². The van der Waals surface area contributed by atoms with Crippen LogP contribution in [-0.4, -0.2) is 28.9 Å². The lowest BCUT2D eigenvalue weighted by Crippen LogP contribution is -2.17. The molecule has 0 aliphatic rings. The number of esters is 1. The Hall–Kier alpha value is -2.30. The minimum absolute atomic E-state index is 0.264. The first-order valence-corrected chi connectivity index (χ1v) is 5.66. The van der Waals surface area contributed by atoms with E-state index in [0.717, 1.165) is 5.39 Å². The average Bonchev–Trinajstić information content (AvgIpc) is 2.38. The summed E-state index contributed by atoms with van der Waals surface area (Å²) in [6, 6.07) is 8.93. The van der Waals surface area contributed by atoms with Crippen LogP contribution in [-0.2, 0) is 9.53 Å². The van der Waals surface area contributed by atoms with Crippen LogP contribution in [0.15, 0.2) is 36.5 Å². The Bertz CT molecular complexity index is 590. The molecule has 0 spiro atoms. The molecule has 2 rings (SSSR count). The van der Waals surface area contributed by atoms with Crippen molar-refractivity contribution in [3.05, 3.63) is 41.4 Å². The summed E-state index contributed by atoms with van der Waals surface area (Å²) in [6.07, 6.45) is 1.62. The number of carbonyl (C=O) groups is 1. The molecular formula is C13H13N2O3+. The Morgan fingerprint density at radius 3 is 2.89 bits per heavy atom. The third-order valence-electron chi connectivity index (χ3n) is 2.46. The van der Waals surface area contributed by atoms with Crippen LogP contribution in [0.5, 0.6) is 0 Å². The highest BCUT2D eigenvalue weighted by molar-refractivity contribution is 5.86. The van der Waals surface area contributed by atoms with E-state index in [-0.39, 0.29) is 13.2 Å². The van der Waals surface area contributed by atoms with Crippen molar-refractivity contribution in [1.82, 2.24) is 4.98 Å². The van der Waals surface area contributed by atoms with Crippen LogP contribution in [0, 0.1) is 4.91 Å². The molecule has 0 saturated heterocycles. The highest BCUT2D eigenvalue weighted by Crippen LogP contribution is 2.22. The molecule has 0 bridgehead atoms. The Balaban J connectivity index is 2.30. The maximum atomic E-state index is 11.9. The van der Waals surface area contributed by atoms with E-state index in [4.69, 9.17) is 4.74 Å². The monoisotopic (exact) mass is 245 g/mol. The number of rotatable bonds is 4. The van der Waals surface area contributed by atoms with Crippen LogP contribution in [0.3, 0.4) is 0 Å². The molecule has 0 atom stereocenters. The van der Waals surface area contributed by atoms with Gasteiger partial charge in [-0.1, -0.05) is 18.2 Å². The molecule has 0 N–H and O–H groups in total. The SMILES string of the molecule is CCOC(=O)C[N+](=O)c1cccc2cccnc12. The molecule has 92 valence electrons. The van der Waals surface area contributed by atoms with E-state index in [9.17, 15) is 9.70 Å². The average molecular weight is 245 g/mol. The first-order chi connectivity index (χ1) is 8.72. The van der Waals surface area contributed by atoms with E-state index in [1.165, 1.54) is 0 Å². The number of aromatic nitrogens is 1. The quantitative estimate of drug-likeness (QED) is 0.612. The van der Waals surface area contributed by atoms with Crippen molar-refractivity contribution >= 4 is 22.6 Å². The van der Waals surface area contributed by atoms with Gasteiger partial charge in [-0.2, -0.15) is 0 Å². The Labute approximate surface area is 104 Å². The Morgan fingerprint density at radius 1 is 1.33 bits per heavy atom. The predicted octanol–water partition coefficient (Wildman–Crippen LogP) is 2.21. The zero-order valence-corrected chi connectivity index (χ0v) is 10.00. The van der Waals surface area contributed by atoms with Gasteiger partial charge < -0.3 is 4.74 Å². The van der Waals surface area contributed by atoms with Gasteiger partial charge in [-0.25, -0.2) is 9.78 Å². The molecular weight excluding hydrogens is 232 g/mol. The molecule has 1 aromatic carbocycles. The lowest BCUT2D eigenvalue weighted by Gasteiger charge is -1.99. The fourth-order valence-electron chi connectivity index (χ4n) is 1.70. The fraction of sp³-hybridized carbons (Fsp3) is 0.231. The summed E-state index contributed by atoms with van der Waals surface area (Å²) in [5, 5.41) is 0.861. The molecule has 5 nitrogen and oxygen atoms in total. The molecule has 1 aromatic heterocycles. The van der Waals surface area contributed by atoms with E-state index in [2.05, 4.69) is 4.98 Å². The lowest BCUT2D eigenvalue weighted by atomic mass is 10.2. The largest absolute Gasteiger partial charge is 0.461 e. The fourth-order valence-corrected chi connectivity index (χ4v) is 1.70. The van der Waals surface area contributed by atoms with E-state index in [1.54, 1.807) is 31.3 Å². The van der Waals surface area contributed by atoms with Crippen molar-refractivity contribution in [2.24, 2.45) is 0 Å².